The molecule has 0 bridgehead atoms. The maximum Gasteiger partial charge on any atom is 0.273 e. The summed E-state index contributed by atoms with van der Waals surface area (Å²) in [6.07, 6.45) is 7.54. The van der Waals surface area contributed by atoms with Crippen LogP contribution in [0.4, 0.5) is 4.39 Å². The van der Waals surface area contributed by atoms with Gasteiger partial charge < -0.3 is 15.0 Å². The van der Waals surface area contributed by atoms with Crippen LogP contribution in [0, 0.1) is 11.7 Å². The molecule has 2 amide bonds. The van der Waals surface area contributed by atoms with Gasteiger partial charge in [-0.25, -0.2) is 4.39 Å². The minimum Gasteiger partial charge on any atom is -0.494 e. The van der Waals surface area contributed by atoms with Crippen molar-refractivity contribution in [3.8, 4) is 5.75 Å². The zero-order chi connectivity index (χ0) is 21.8. The van der Waals surface area contributed by atoms with E-state index in [0.29, 0.717) is 43.2 Å². The third-order valence-corrected chi connectivity index (χ3v) is 6.00. The van der Waals surface area contributed by atoms with Gasteiger partial charge in [-0.2, -0.15) is 0 Å². The topological polar surface area (TPSA) is 89.4 Å². The summed E-state index contributed by atoms with van der Waals surface area (Å²) in [6, 6.07) is 4.34. The average molecular weight is 429 g/mol. The Morgan fingerprint density at radius 3 is 2.84 bits per heavy atom. The van der Waals surface area contributed by atoms with E-state index in [-0.39, 0.29) is 23.6 Å². The van der Waals surface area contributed by atoms with Crippen LogP contribution in [0.3, 0.4) is 0 Å². The Morgan fingerprint density at radius 1 is 1.26 bits per heavy atom. The normalized spacial score (nSPS) is 18.6. The predicted molar refractivity (Wildman–Crippen MR) is 111 cm³/mol. The smallest absolute Gasteiger partial charge is 0.273 e. The summed E-state index contributed by atoms with van der Waals surface area (Å²) in [5.74, 6) is -0.195. The molecule has 1 aromatic carbocycles. The number of likely N-dealkylation sites (tertiary alicyclic amines) is 1. The highest BCUT2D eigenvalue weighted by Gasteiger charge is 2.28. The fourth-order valence-corrected chi connectivity index (χ4v) is 3.98. The van der Waals surface area contributed by atoms with Crippen molar-refractivity contribution in [3.05, 3.63) is 41.5 Å². The number of carbonyl (C=O) groups is 2. The van der Waals surface area contributed by atoms with Gasteiger partial charge in [-0.15, -0.1) is 5.10 Å². The van der Waals surface area contributed by atoms with E-state index in [2.05, 4.69) is 15.6 Å². The van der Waals surface area contributed by atoms with Crippen LogP contribution in [0.25, 0.3) is 0 Å². The third kappa shape index (κ3) is 5.21. The van der Waals surface area contributed by atoms with Gasteiger partial charge in [-0.3, -0.25) is 14.3 Å². The number of benzene rings is 1. The zero-order valence-corrected chi connectivity index (χ0v) is 17.7. The number of carbonyl (C=O) groups excluding carboxylic acids is 2. The van der Waals surface area contributed by atoms with Crippen molar-refractivity contribution in [2.45, 2.75) is 51.1 Å². The largest absolute Gasteiger partial charge is 0.494 e. The molecule has 166 valence electrons. The van der Waals surface area contributed by atoms with Crippen molar-refractivity contribution < 1.29 is 18.7 Å². The van der Waals surface area contributed by atoms with E-state index in [0.717, 1.165) is 19.3 Å². The Kier molecular flexibility index (Phi) is 6.48. The molecule has 2 aromatic rings. The molecule has 4 rings (SSSR count). The van der Waals surface area contributed by atoms with Crippen LogP contribution in [-0.4, -0.2) is 57.9 Å². The molecule has 2 heterocycles. The van der Waals surface area contributed by atoms with E-state index in [9.17, 15) is 14.0 Å². The molecule has 1 aliphatic carbocycles. The second-order valence-electron chi connectivity index (χ2n) is 8.31. The van der Waals surface area contributed by atoms with E-state index >= 15 is 0 Å². The number of halogens is 1. The van der Waals surface area contributed by atoms with Crippen LogP contribution < -0.4 is 10.1 Å². The third-order valence-electron chi connectivity index (χ3n) is 6.00. The first kappa shape index (κ1) is 21.3. The van der Waals surface area contributed by atoms with Crippen molar-refractivity contribution in [3.63, 3.8) is 0 Å². The number of nitrogens with one attached hydrogen (secondary N) is 1. The molecule has 1 N–H and O–H groups in total. The molecule has 2 fully saturated rings. The maximum absolute atomic E-state index is 14.1. The quantitative estimate of drug-likeness (QED) is 0.697. The van der Waals surface area contributed by atoms with Gasteiger partial charge in [-0.1, -0.05) is 5.21 Å². The lowest BCUT2D eigenvalue weighted by Gasteiger charge is -2.36. The Morgan fingerprint density at radius 2 is 2.10 bits per heavy atom. The summed E-state index contributed by atoms with van der Waals surface area (Å²) in [5, 5.41) is 10.9. The molecule has 1 saturated carbocycles. The lowest BCUT2D eigenvalue weighted by molar-refractivity contribution is 0.0593. The second-order valence-corrected chi connectivity index (χ2v) is 8.31. The molecule has 1 atom stereocenters. The summed E-state index contributed by atoms with van der Waals surface area (Å²) < 4.78 is 20.7. The van der Waals surface area contributed by atoms with Crippen molar-refractivity contribution in [1.82, 2.24) is 25.2 Å². The number of methoxy groups -OCH3 is 1. The monoisotopic (exact) mass is 429 g/mol. The first-order valence-corrected chi connectivity index (χ1v) is 10.9. The van der Waals surface area contributed by atoms with Gasteiger partial charge in [0.2, 0.25) is 0 Å². The zero-order valence-electron chi connectivity index (χ0n) is 17.7. The average Bonchev–Trinajstić information content (AvgIpc) is 3.50. The molecule has 1 unspecified atom stereocenters. The Labute approximate surface area is 180 Å². The minimum atomic E-state index is -0.544. The number of piperidine rings is 1. The van der Waals surface area contributed by atoms with Crippen LogP contribution in [-0.2, 0) is 6.54 Å². The van der Waals surface area contributed by atoms with Crippen molar-refractivity contribution in [2.24, 2.45) is 5.92 Å². The van der Waals surface area contributed by atoms with E-state index in [1.165, 1.54) is 32.1 Å². The molecule has 1 aromatic heterocycles. The second kappa shape index (κ2) is 9.45. The fourth-order valence-electron chi connectivity index (χ4n) is 3.98. The summed E-state index contributed by atoms with van der Waals surface area (Å²) in [6.45, 7) is 1.88. The summed E-state index contributed by atoms with van der Waals surface area (Å²) >= 11 is 0. The molecule has 1 saturated heterocycles. The highest BCUT2D eigenvalue weighted by atomic mass is 19.1. The first-order valence-electron chi connectivity index (χ1n) is 10.9. The fraction of sp³-hybridized carbons (Fsp3) is 0.545. The van der Waals surface area contributed by atoms with Crippen molar-refractivity contribution >= 4 is 11.8 Å². The molecule has 0 spiro atoms. The number of rotatable bonds is 8. The van der Waals surface area contributed by atoms with Gasteiger partial charge in [-0.05, 0) is 62.6 Å². The van der Waals surface area contributed by atoms with Gasteiger partial charge in [0.05, 0.1) is 13.3 Å². The van der Waals surface area contributed by atoms with Gasteiger partial charge >= 0.3 is 0 Å². The van der Waals surface area contributed by atoms with E-state index in [1.807, 2.05) is 4.90 Å². The van der Waals surface area contributed by atoms with Gasteiger partial charge in [0.1, 0.15) is 0 Å². The Bertz CT molecular complexity index is 943. The SMILES string of the molecule is COc1ccc(C(=O)N2CCCCC2CCn2cc(C(=O)NCC3CC3)nn2)cc1F. The number of nitrogens with zero attached hydrogens (tertiary/aromatic N) is 4. The van der Waals surface area contributed by atoms with Crippen LogP contribution in [0.2, 0.25) is 0 Å². The van der Waals surface area contributed by atoms with Gasteiger partial charge in [0, 0.05) is 31.2 Å². The standard InChI is InChI=1S/C22H28FN5O3/c1-31-20-8-7-16(12-18(20)23)22(30)28-10-3-2-4-17(28)9-11-27-14-19(25-26-27)21(29)24-13-15-5-6-15/h7-8,12,14-15,17H,2-6,9-11,13H2,1H3,(H,24,29). The van der Waals surface area contributed by atoms with Crippen molar-refractivity contribution in [1.29, 1.82) is 0 Å². The molecule has 1 aliphatic heterocycles. The number of aryl methyl sites for hydroxylation is 1. The van der Waals surface area contributed by atoms with E-state index in [1.54, 1.807) is 16.9 Å². The van der Waals surface area contributed by atoms with E-state index in [4.69, 9.17) is 4.74 Å². The molecule has 9 heteroatoms. The lowest BCUT2D eigenvalue weighted by atomic mass is 9.98. The molecular formula is C22H28FN5O3. The lowest BCUT2D eigenvalue weighted by Crippen LogP contribution is -2.44. The van der Waals surface area contributed by atoms with Crippen LogP contribution in [0.1, 0.15) is 59.4 Å². The van der Waals surface area contributed by atoms with Gasteiger partial charge in [0.25, 0.3) is 11.8 Å². The van der Waals surface area contributed by atoms with E-state index < -0.39 is 5.82 Å². The molecule has 8 nitrogen and oxygen atoms in total. The first-order chi connectivity index (χ1) is 15.0. The van der Waals surface area contributed by atoms with Crippen LogP contribution in [0.15, 0.2) is 24.4 Å². The number of ether oxygens (including phenoxy) is 1. The molecule has 31 heavy (non-hydrogen) atoms. The van der Waals surface area contributed by atoms with Crippen LogP contribution >= 0.6 is 0 Å². The number of hydrogen-bond donors (Lipinski definition) is 1. The predicted octanol–water partition coefficient (Wildman–Crippen LogP) is 2.65. The highest BCUT2D eigenvalue weighted by molar-refractivity contribution is 5.94. The Hall–Kier alpha value is -2.97. The minimum absolute atomic E-state index is 0.0303. The Balaban J connectivity index is 1.36. The summed E-state index contributed by atoms with van der Waals surface area (Å²) in [4.78, 5) is 27.0. The highest BCUT2D eigenvalue weighted by Crippen LogP contribution is 2.27. The molecule has 2 aliphatic rings. The maximum atomic E-state index is 14.1. The molecular weight excluding hydrogens is 401 g/mol. The van der Waals surface area contributed by atoms with Crippen molar-refractivity contribution in [2.75, 3.05) is 20.2 Å². The molecule has 0 radical (unpaired) electrons. The summed E-state index contributed by atoms with van der Waals surface area (Å²) in [5.41, 5.74) is 0.631. The number of aromatic nitrogens is 3. The number of amides is 2. The van der Waals surface area contributed by atoms with Crippen LogP contribution in [0.5, 0.6) is 5.75 Å². The van der Waals surface area contributed by atoms with Gasteiger partial charge in [0.15, 0.2) is 17.3 Å². The number of hydrogen-bond acceptors (Lipinski definition) is 5. The summed E-state index contributed by atoms with van der Waals surface area (Å²) in [7, 11) is 1.40.